The van der Waals surface area contributed by atoms with E-state index in [0.717, 1.165) is 0 Å². The highest BCUT2D eigenvalue weighted by molar-refractivity contribution is 5.94. The Balaban J connectivity index is 1.61. The number of imidazole rings is 1. The lowest BCUT2D eigenvalue weighted by molar-refractivity contribution is -0.0489. The third kappa shape index (κ3) is 2.99. The first kappa shape index (κ1) is 17.3. The van der Waals surface area contributed by atoms with E-state index in [1.165, 1.54) is 17.2 Å². The third-order valence-corrected chi connectivity index (χ3v) is 4.55. The van der Waals surface area contributed by atoms with Gasteiger partial charge in [0.25, 0.3) is 5.91 Å². The molecule has 3 heterocycles. The van der Waals surface area contributed by atoms with E-state index in [1.54, 1.807) is 30.3 Å². The van der Waals surface area contributed by atoms with Crippen LogP contribution in [0.1, 0.15) is 16.6 Å². The van der Waals surface area contributed by atoms with Crippen LogP contribution < -0.4 is 11.1 Å². The Morgan fingerprint density at radius 1 is 1.26 bits per heavy atom. The molecule has 1 unspecified atom stereocenters. The maximum Gasteiger partial charge on any atom is 0.251 e. The first-order valence-electron chi connectivity index (χ1n) is 8.33. The van der Waals surface area contributed by atoms with Crippen molar-refractivity contribution in [3.05, 3.63) is 48.5 Å². The van der Waals surface area contributed by atoms with Crippen LogP contribution in [0.25, 0.3) is 11.2 Å². The second-order valence-corrected chi connectivity index (χ2v) is 6.19. The van der Waals surface area contributed by atoms with Crippen LogP contribution >= 0.6 is 0 Å². The Kier molecular flexibility index (Phi) is 4.44. The van der Waals surface area contributed by atoms with Gasteiger partial charge in [-0.15, -0.1) is 0 Å². The van der Waals surface area contributed by atoms with Crippen molar-refractivity contribution in [2.24, 2.45) is 0 Å². The number of nitrogens with two attached hydrogens (primary N) is 1. The molecule has 1 aliphatic heterocycles. The van der Waals surface area contributed by atoms with Gasteiger partial charge in [-0.05, 0) is 12.1 Å². The summed E-state index contributed by atoms with van der Waals surface area (Å²) in [4.78, 5) is 24.6. The number of aliphatic hydroxyl groups is 2. The molecule has 4 atom stereocenters. The van der Waals surface area contributed by atoms with Gasteiger partial charge in [-0.3, -0.25) is 9.36 Å². The number of carbonyl (C=O) groups excluding carboxylic acids is 1. The summed E-state index contributed by atoms with van der Waals surface area (Å²) >= 11 is 0. The van der Waals surface area contributed by atoms with Gasteiger partial charge in [0.1, 0.15) is 24.1 Å². The lowest BCUT2D eigenvalue weighted by Gasteiger charge is -2.20. The second kappa shape index (κ2) is 6.91. The van der Waals surface area contributed by atoms with Gasteiger partial charge < -0.3 is 26.0 Å². The highest BCUT2D eigenvalue weighted by atomic mass is 16.5. The van der Waals surface area contributed by atoms with E-state index in [1.807, 2.05) is 0 Å². The summed E-state index contributed by atoms with van der Waals surface area (Å²) < 4.78 is 7.28. The van der Waals surface area contributed by atoms with Gasteiger partial charge in [-0.25, -0.2) is 15.0 Å². The standard InChI is InChI=1S/C17H18N6O4/c18-14-12-15(20-7-19-14)23(8-21-12)17-13(25)11(10(6-24)27-17)22-16(26)9-4-2-1-3-5-9/h1-5,7-8,10-11,13,17,24-25H,6H2,(H,22,26)(H2,18,19,20)/t10-,11?,13+,17-/m1/s1. The molecular formula is C17H18N6O4. The molecule has 1 aromatic carbocycles. The van der Waals surface area contributed by atoms with E-state index in [-0.39, 0.29) is 18.3 Å². The molecule has 10 heteroatoms. The summed E-state index contributed by atoms with van der Waals surface area (Å²) in [6.07, 6.45) is -0.116. The van der Waals surface area contributed by atoms with E-state index >= 15 is 0 Å². The monoisotopic (exact) mass is 370 g/mol. The van der Waals surface area contributed by atoms with Gasteiger partial charge in [0.05, 0.1) is 19.0 Å². The molecule has 4 rings (SSSR count). The zero-order valence-corrected chi connectivity index (χ0v) is 14.1. The summed E-state index contributed by atoms with van der Waals surface area (Å²) in [6.45, 7) is -0.378. The van der Waals surface area contributed by atoms with Crippen LogP contribution in [0.4, 0.5) is 5.82 Å². The van der Waals surface area contributed by atoms with Crippen LogP contribution in [0.15, 0.2) is 43.0 Å². The number of amides is 1. The maximum atomic E-state index is 12.4. The van der Waals surface area contributed by atoms with Gasteiger partial charge in [-0.2, -0.15) is 0 Å². The van der Waals surface area contributed by atoms with Crippen LogP contribution in [0.2, 0.25) is 0 Å². The Labute approximate surface area is 153 Å². The molecule has 0 aliphatic carbocycles. The van der Waals surface area contributed by atoms with Crippen molar-refractivity contribution in [3.8, 4) is 0 Å². The Morgan fingerprint density at radius 3 is 2.78 bits per heavy atom. The average molecular weight is 370 g/mol. The number of ether oxygens (including phenoxy) is 1. The van der Waals surface area contributed by atoms with E-state index in [4.69, 9.17) is 10.5 Å². The number of hydrogen-bond acceptors (Lipinski definition) is 8. The summed E-state index contributed by atoms with van der Waals surface area (Å²) in [7, 11) is 0. The molecule has 0 spiro atoms. The number of benzene rings is 1. The lowest BCUT2D eigenvalue weighted by atomic mass is 10.1. The molecule has 0 saturated carbocycles. The number of rotatable bonds is 4. The van der Waals surface area contributed by atoms with Gasteiger partial charge in [0.2, 0.25) is 0 Å². The number of fused-ring (bicyclic) bond motifs is 1. The zero-order valence-electron chi connectivity index (χ0n) is 14.1. The number of aliphatic hydroxyl groups excluding tert-OH is 2. The minimum Gasteiger partial charge on any atom is -0.394 e. The minimum absolute atomic E-state index is 0.207. The summed E-state index contributed by atoms with van der Waals surface area (Å²) in [5, 5.41) is 23.2. The molecule has 1 fully saturated rings. The number of anilines is 1. The van der Waals surface area contributed by atoms with Crippen molar-refractivity contribution >= 4 is 22.9 Å². The number of aromatic nitrogens is 4. The highest BCUT2D eigenvalue weighted by Gasteiger charge is 2.45. The molecule has 3 aromatic rings. The maximum absolute atomic E-state index is 12.4. The quantitative estimate of drug-likeness (QED) is 0.478. The molecule has 1 saturated heterocycles. The topological polar surface area (TPSA) is 148 Å². The fraction of sp³-hybridized carbons (Fsp3) is 0.294. The summed E-state index contributed by atoms with van der Waals surface area (Å²) in [5.41, 5.74) is 7.00. The van der Waals surface area contributed by atoms with Crippen molar-refractivity contribution in [2.45, 2.75) is 24.5 Å². The molecular weight excluding hydrogens is 352 g/mol. The van der Waals surface area contributed by atoms with Gasteiger partial charge in [0, 0.05) is 5.56 Å². The Bertz CT molecular complexity index is 962. The highest BCUT2D eigenvalue weighted by Crippen LogP contribution is 2.32. The fourth-order valence-corrected chi connectivity index (χ4v) is 3.19. The third-order valence-electron chi connectivity index (χ3n) is 4.55. The van der Waals surface area contributed by atoms with Crippen molar-refractivity contribution in [1.82, 2.24) is 24.8 Å². The van der Waals surface area contributed by atoms with Crippen molar-refractivity contribution in [2.75, 3.05) is 12.3 Å². The summed E-state index contributed by atoms with van der Waals surface area (Å²) in [6, 6.07) is 7.78. The normalized spacial score (nSPS) is 25.0. The lowest BCUT2D eigenvalue weighted by Crippen LogP contribution is -2.48. The number of nitrogens with zero attached hydrogens (tertiary/aromatic N) is 4. The molecule has 0 radical (unpaired) electrons. The molecule has 5 N–H and O–H groups in total. The Hall–Kier alpha value is -3.08. The fourth-order valence-electron chi connectivity index (χ4n) is 3.19. The van der Waals surface area contributed by atoms with Crippen LogP contribution in [-0.2, 0) is 4.74 Å². The van der Waals surface area contributed by atoms with Crippen molar-refractivity contribution in [1.29, 1.82) is 0 Å². The predicted octanol–water partition coefficient (Wildman–Crippen LogP) is -0.542. The van der Waals surface area contributed by atoms with Gasteiger partial charge >= 0.3 is 0 Å². The van der Waals surface area contributed by atoms with E-state index in [2.05, 4.69) is 20.3 Å². The Morgan fingerprint density at radius 2 is 2.04 bits per heavy atom. The number of nitrogens with one attached hydrogen (secondary N) is 1. The SMILES string of the molecule is Nc1ncnc2c1ncn2[C@@H]1O[C@H](CO)C(NC(=O)c2ccccc2)[C@@H]1O. The van der Waals surface area contributed by atoms with Crippen LogP contribution in [0, 0.1) is 0 Å². The van der Waals surface area contributed by atoms with Crippen LogP contribution in [-0.4, -0.2) is 60.5 Å². The van der Waals surface area contributed by atoms with Crippen LogP contribution in [0.3, 0.4) is 0 Å². The van der Waals surface area contributed by atoms with Gasteiger partial charge in [-0.1, -0.05) is 18.2 Å². The largest absolute Gasteiger partial charge is 0.394 e. The zero-order chi connectivity index (χ0) is 19.0. The number of hydrogen-bond donors (Lipinski definition) is 4. The van der Waals surface area contributed by atoms with Crippen molar-refractivity contribution < 1.29 is 19.7 Å². The molecule has 1 aliphatic rings. The molecule has 140 valence electrons. The summed E-state index contributed by atoms with van der Waals surface area (Å²) in [5.74, 6) is -0.164. The first-order valence-corrected chi connectivity index (χ1v) is 8.33. The van der Waals surface area contributed by atoms with E-state index in [9.17, 15) is 15.0 Å². The molecule has 1 amide bonds. The molecule has 2 aromatic heterocycles. The van der Waals surface area contributed by atoms with Crippen LogP contribution in [0.5, 0.6) is 0 Å². The predicted molar refractivity (Wildman–Crippen MR) is 94.4 cm³/mol. The molecule has 10 nitrogen and oxygen atoms in total. The average Bonchev–Trinajstić information content (AvgIpc) is 3.25. The number of carbonyl (C=O) groups is 1. The molecule has 27 heavy (non-hydrogen) atoms. The van der Waals surface area contributed by atoms with Gasteiger partial charge in [0.15, 0.2) is 17.7 Å². The van der Waals surface area contributed by atoms with E-state index in [0.29, 0.717) is 16.7 Å². The minimum atomic E-state index is -1.14. The first-order chi connectivity index (χ1) is 13.1. The molecule has 0 bridgehead atoms. The smallest absolute Gasteiger partial charge is 0.251 e. The number of nitrogen functional groups attached to an aromatic ring is 1. The second-order valence-electron chi connectivity index (χ2n) is 6.19. The van der Waals surface area contributed by atoms with E-state index < -0.39 is 24.5 Å². The van der Waals surface area contributed by atoms with Crippen molar-refractivity contribution in [3.63, 3.8) is 0 Å².